The van der Waals surface area contributed by atoms with Gasteiger partial charge in [0.15, 0.2) is 0 Å². The van der Waals surface area contributed by atoms with Crippen LogP contribution >= 0.6 is 11.3 Å². The summed E-state index contributed by atoms with van der Waals surface area (Å²) < 4.78 is 7.08. The lowest BCUT2D eigenvalue weighted by Gasteiger charge is -2.09. The van der Waals surface area contributed by atoms with Crippen LogP contribution in [0.3, 0.4) is 0 Å². The van der Waals surface area contributed by atoms with Crippen LogP contribution in [0.4, 0.5) is 4.79 Å². The van der Waals surface area contributed by atoms with Crippen molar-refractivity contribution in [1.29, 1.82) is 0 Å². The molecule has 142 valence electrons. The van der Waals surface area contributed by atoms with Gasteiger partial charge in [0.25, 0.3) is 0 Å². The van der Waals surface area contributed by atoms with E-state index in [1.165, 1.54) is 10.4 Å². The molecule has 0 radical (unpaired) electrons. The molecule has 2 heterocycles. The highest BCUT2D eigenvalue weighted by Gasteiger charge is 2.14. The van der Waals surface area contributed by atoms with E-state index in [1.54, 1.807) is 18.4 Å². The third kappa shape index (κ3) is 4.68. The van der Waals surface area contributed by atoms with E-state index in [4.69, 9.17) is 4.74 Å². The summed E-state index contributed by atoms with van der Waals surface area (Å²) in [5, 5.41) is 12.4. The third-order valence-corrected chi connectivity index (χ3v) is 5.26. The lowest BCUT2D eigenvalue weighted by Crippen LogP contribution is -2.37. The topological polar surface area (TPSA) is 68.2 Å². The molecule has 0 aliphatic heterocycles. The van der Waals surface area contributed by atoms with Crippen LogP contribution in [-0.2, 0) is 13.1 Å². The molecule has 0 atom stereocenters. The molecule has 3 rings (SSSR count). The summed E-state index contributed by atoms with van der Waals surface area (Å²) in [6.45, 7) is 5.71. The Morgan fingerprint density at radius 1 is 1.19 bits per heavy atom. The minimum atomic E-state index is -0.189. The Bertz CT molecular complexity index is 886. The Labute approximate surface area is 163 Å². The number of hydrogen-bond acceptors (Lipinski definition) is 4. The molecule has 0 spiro atoms. The highest BCUT2D eigenvalue weighted by Crippen LogP contribution is 2.30. The van der Waals surface area contributed by atoms with Gasteiger partial charge < -0.3 is 15.4 Å². The van der Waals surface area contributed by atoms with Crippen molar-refractivity contribution >= 4 is 17.4 Å². The number of carbonyl (C=O) groups excluding carboxylic acids is 1. The number of urea groups is 1. The number of rotatable bonds is 7. The molecule has 2 aromatic heterocycles. The maximum absolute atomic E-state index is 12.0. The second-order valence-corrected chi connectivity index (χ2v) is 7.15. The highest BCUT2D eigenvalue weighted by molar-refractivity contribution is 7.13. The van der Waals surface area contributed by atoms with E-state index in [-0.39, 0.29) is 6.03 Å². The lowest BCUT2D eigenvalue weighted by molar-refractivity contribution is 0.240. The number of benzene rings is 1. The first-order chi connectivity index (χ1) is 13.1. The number of aromatic nitrogens is 2. The number of aryl methyl sites for hydroxylation is 1. The molecule has 0 bridgehead atoms. The monoisotopic (exact) mass is 384 g/mol. The summed E-state index contributed by atoms with van der Waals surface area (Å²) in [6, 6.07) is 11.6. The number of nitrogens with zero attached hydrogens (tertiary/aromatic N) is 2. The summed E-state index contributed by atoms with van der Waals surface area (Å²) in [5.41, 5.74) is 4.34. The zero-order valence-electron chi connectivity index (χ0n) is 15.8. The molecule has 3 aromatic rings. The molecular weight excluding hydrogens is 360 g/mol. The van der Waals surface area contributed by atoms with Gasteiger partial charge in [-0.2, -0.15) is 5.10 Å². The van der Waals surface area contributed by atoms with E-state index in [0.717, 1.165) is 22.7 Å². The van der Waals surface area contributed by atoms with Crippen LogP contribution < -0.4 is 15.4 Å². The molecule has 0 saturated carbocycles. The molecule has 0 fully saturated rings. The Morgan fingerprint density at radius 3 is 2.63 bits per heavy atom. The van der Waals surface area contributed by atoms with Gasteiger partial charge in [-0.05, 0) is 43.0 Å². The van der Waals surface area contributed by atoms with Crippen LogP contribution in [0.1, 0.15) is 17.0 Å². The molecule has 6 nitrogen and oxygen atoms in total. The van der Waals surface area contributed by atoms with Crippen molar-refractivity contribution in [2.75, 3.05) is 13.7 Å². The van der Waals surface area contributed by atoms with Crippen molar-refractivity contribution in [1.82, 2.24) is 20.4 Å². The SMILES string of the molecule is COc1ccc(CNC(=O)NCCn2nc(C)c(-c3cccs3)c2C)cc1. The van der Waals surface area contributed by atoms with Gasteiger partial charge in [0, 0.05) is 29.2 Å². The number of carbonyl (C=O) groups is 1. The van der Waals surface area contributed by atoms with Crippen molar-refractivity contribution in [3.8, 4) is 16.2 Å². The van der Waals surface area contributed by atoms with Crippen molar-refractivity contribution in [3.05, 3.63) is 58.7 Å². The highest BCUT2D eigenvalue weighted by atomic mass is 32.1. The average molecular weight is 385 g/mol. The maximum atomic E-state index is 12.0. The molecule has 1 aromatic carbocycles. The van der Waals surface area contributed by atoms with E-state index in [1.807, 2.05) is 41.9 Å². The normalized spacial score (nSPS) is 10.6. The molecule has 0 saturated heterocycles. The van der Waals surface area contributed by atoms with Gasteiger partial charge in [0.1, 0.15) is 5.75 Å². The summed E-state index contributed by atoms with van der Waals surface area (Å²) in [7, 11) is 1.63. The number of nitrogens with one attached hydrogen (secondary N) is 2. The Hall–Kier alpha value is -2.80. The van der Waals surface area contributed by atoms with Crippen LogP contribution in [0.2, 0.25) is 0 Å². The van der Waals surface area contributed by atoms with Crippen LogP contribution in [0.15, 0.2) is 41.8 Å². The van der Waals surface area contributed by atoms with Gasteiger partial charge >= 0.3 is 6.03 Å². The standard InChI is InChI=1S/C20H24N4O2S/c1-14-19(18-5-4-12-27-18)15(2)24(23-14)11-10-21-20(25)22-13-16-6-8-17(26-3)9-7-16/h4-9,12H,10-11,13H2,1-3H3,(H2,21,22,25). The minimum Gasteiger partial charge on any atom is -0.497 e. The van der Waals surface area contributed by atoms with Crippen molar-refractivity contribution in [3.63, 3.8) is 0 Å². The van der Waals surface area contributed by atoms with Crippen LogP contribution in [0.5, 0.6) is 5.75 Å². The number of ether oxygens (including phenoxy) is 1. The van der Waals surface area contributed by atoms with Crippen molar-refractivity contribution in [2.45, 2.75) is 26.9 Å². The Kier molecular flexibility index (Phi) is 6.13. The molecule has 0 unspecified atom stereocenters. The lowest BCUT2D eigenvalue weighted by atomic mass is 10.1. The number of methoxy groups -OCH3 is 1. The zero-order valence-corrected chi connectivity index (χ0v) is 16.6. The molecular formula is C20H24N4O2S. The van der Waals surface area contributed by atoms with Crippen molar-refractivity contribution < 1.29 is 9.53 Å². The first kappa shape index (κ1) is 19.0. The predicted octanol–water partition coefficient (Wildman–Crippen LogP) is 3.74. The van der Waals surface area contributed by atoms with E-state index < -0.39 is 0 Å². The molecule has 0 aliphatic rings. The van der Waals surface area contributed by atoms with Crippen LogP contribution in [-0.4, -0.2) is 29.5 Å². The maximum Gasteiger partial charge on any atom is 0.315 e. The van der Waals surface area contributed by atoms with Crippen LogP contribution in [0, 0.1) is 13.8 Å². The Balaban J connectivity index is 1.48. The third-order valence-electron chi connectivity index (χ3n) is 4.37. The summed E-state index contributed by atoms with van der Waals surface area (Å²) in [4.78, 5) is 13.2. The number of amides is 2. The fraction of sp³-hybridized carbons (Fsp3) is 0.300. The van der Waals surface area contributed by atoms with Gasteiger partial charge in [-0.1, -0.05) is 18.2 Å². The van der Waals surface area contributed by atoms with E-state index in [9.17, 15) is 4.79 Å². The second-order valence-electron chi connectivity index (χ2n) is 6.20. The smallest absolute Gasteiger partial charge is 0.315 e. The summed E-state index contributed by atoms with van der Waals surface area (Å²) >= 11 is 1.71. The van der Waals surface area contributed by atoms with Gasteiger partial charge in [-0.3, -0.25) is 4.68 Å². The molecule has 0 aliphatic carbocycles. The second kappa shape index (κ2) is 8.73. The van der Waals surface area contributed by atoms with Gasteiger partial charge in [-0.15, -0.1) is 11.3 Å². The van der Waals surface area contributed by atoms with Gasteiger partial charge in [0.05, 0.1) is 19.3 Å². The fourth-order valence-corrected chi connectivity index (χ4v) is 3.83. The van der Waals surface area contributed by atoms with Gasteiger partial charge in [0.2, 0.25) is 0 Å². The number of hydrogen-bond donors (Lipinski definition) is 2. The zero-order chi connectivity index (χ0) is 19.2. The quantitative estimate of drug-likeness (QED) is 0.652. The Morgan fingerprint density at radius 2 is 1.96 bits per heavy atom. The number of thiophene rings is 1. The molecule has 7 heteroatoms. The summed E-state index contributed by atoms with van der Waals surface area (Å²) in [5.74, 6) is 0.801. The van der Waals surface area contributed by atoms with E-state index in [0.29, 0.717) is 19.6 Å². The summed E-state index contributed by atoms with van der Waals surface area (Å²) in [6.07, 6.45) is 0. The van der Waals surface area contributed by atoms with E-state index in [2.05, 4.69) is 34.1 Å². The van der Waals surface area contributed by atoms with Crippen LogP contribution in [0.25, 0.3) is 10.4 Å². The molecule has 27 heavy (non-hydrogen) atoms. The predicted molar refractivity (Wildman–Crippen MR) is 108 cm³/mol. The largest absolute Gasteiger partial charge is 0.497 e. The fourth-order valence-electron chi connectivity index (χ4n) is 2.96. The molecule has 2 N–H and O–H groups in total. The first-order valence-electron chi connectivity index (χ1n) is 8.81. The minimum absolute atomic E-state index is 0.189. The molecule has 2 amide bonds. The van der Waals surface area contributed by atoms with E-state index >= 15 is 0 Å². The van der Waals surface area contributed by atoms with Gasteiger partial charge in [-0.25, -0.2) is 4.79 Å². The van der Waals surface area contributed by atoms with Crippen molar-refractivity contribution in [2.24, 2.45) is 0 Å². The average Bonchev–Trinajstić information content (AvgIpc) is 3.28. The first-order valence-corrected chi connectivity index (χ1v) is 9.69.